The Kier molecular flexibility index (Phi) is 9.00. The number of methoxy groups -OCH3 is 1. The number of aromatic nitrogens is 1. The first-order valence-corrected chi connectivity index (χ1v) is 13.3. The molecular weight excluding hydrogens is 454 g/mol. The topological polar surface area (TPSA) is 99.4 Å². The van der Waals surface area contributed by atoms with Gasteiger partial charge in [-0.25, -0.2) is 0 Å². The molecule has 0 radical (unpaired) electrons. The van der Waals surface area contributed by atoms with Crippen LogP contribution >= 0.6 is 0 Å². The maximum Gasteiger partial charge on any atom is 0.268 e. The number of nitriles is 1. The van der Waals surface area contributed by atoms with Gasteiger partial charge in [0.1, 0.15) is 11.7 Å². The van der Waals surface area contributed by atoms with Crippen LogP contribution in [0.4, 0.5) is 0 Å². The monoisotopic (exact) mass is 493 g/mol. The van der Waals surface area contributed by atoms with Gasteiger partial charge in [0.15, 0.2) is 0 Å². The van der Waals surface area contributed by atoms with Gasteiger partial charge in [-0.05, 0) is 63.2 Å². The predicted octanol–water partition coefficient (Wildman–Crippen LogP) is 3.22. The molecule has 2 N–H and O–H groups in total. The molecule has 2 aromatic rings. The van der Waals surface area contributed by atoms with E-state index in [1.54, 1.807) is 7.11 Å². The van der Waals surface area contributed by atoms with Crippen molar-refractivity contribution in [2.75, 3.05) is 33.4 Å². The van der Waals surface area contributed by atoms with Gasteiger partial charge < -0.3 is 24.8 Å². The van der Waals surface area contributed by atoms with E-state index in [0.717, 1.165) is 75.7 Å². The van der Waals surface area contributed by atoms with Gasteiger partial charge >= 0.3 is 0 Å². The molecule has 36 heavy (non-hydrogen) atoms. The zero-order valence-corrected chi connectivity index (χ0v) is 21.5. The fraction of sp³-hybridized carbons (Fsp3) is 0.607. The fourth-order valence-electron chi connectivity index (χ4n) is 5.79. The largest absolute Gasteiger partial charge is 0.383 e. The van der Waals surface area contributed by atoms with Crippen LogP contribution in [0.1, 0.15) is 55.4 Å². The summed E-state index contributed by atoms with van der Waals surface area (Å²) in [6, 6.07) is 11.4. The Bertz CT molecular complexity index is 1080. The minimum atomic E-state index is -0.496. The second kappa shape index (κ2) is 12.4. The normalized spacial score (nSPS) is 22.1. The molecule has 8 nitrogen and oxygen atoms in total. The number of amides is 2. The van der Waals surface area contributed by atoms with Crippen molar-refractivity contribution in [3.63, 3.8) is 0 Å². The van der Waals surface area contributed by atoms with Gasteiger partial charge in [-0.1, -0.05) is 31.0 Å². The van der Waals surface area contributed by atoms with Crippen molar-refractivity contribution in [3.05, 3.63) is 36.0 Å². The molecule has 4 rings (SSSR count). The molecule has 8 heteroatoms. The number of ether oxygens (including phenoxy) is 1. The van der Waals surface area contributed by atoms with Crippen LogP contribution in [0.15, 0.2) is 30.3 Å². The van der Waals surface area contributed by atoms with Crippen LogP contribution in [0.25, 0.3) is 10.9 Å². The lowest BCUT2D eigenvalue weighted by atomic mass is 9.83. The highest BCUT2D eigenvalue weighted by Crippen LogP contribution is 2.27. The van der Waals surface area contributed by atoms with Gasteiger partial charge in [0.2, 0.25) is 5.91 Å². The van der Waals surface area contributed by atoms with Crippen molar-refractivity contribution in [1.82, 2.24) is 20.1 Å². The first-order chi connectivity index (χ1) is 17.5. The molecule has 2 amide bonds. The van der Waals surface area contributed by atoms with Gasteiger partial charge in [0.25, 0.3) is 5.91 Å². The number of carbonyl (C=O) groups is 2. The molecule has 1 saturated heterocycles. The molecule has 1 aromatic heterocycles. The van der Waals surface area contributed by atoms with Gasteiger partial charge in [-0.2, -0.15) is 5.26 Å². The number of hydrogen-bond donors (Lipinski definition) is 2. The molecule has 3 unspecified atom stereocenters. The summed E-state index contributed by atoms with van der Waals surface area (Å²) in [5.41, 5.74) is 1.59. The summed E-state index contributed by atoms with van der Waals surface area (Å²) >= 11 is 0. The Labute approximate surface area is 214 Å². The average Bonchev–Trinajstić information content (AvgIpc) is 3.24. The van der Waals surface area contributed by atoms with Gasteiger partial charge in [0.05, 0.1) is 18.6 Å². The number of benzene rings is 1. The quantitative estimate of drug-likeness (QED) is 0.559. The molecule has 2 heterocycles. The van der Waals surface area contributed by atoms with Crippen molar-refractivity contribution in [1.29, 1.82) is 5.26 Å². The average molecular weight is 494 g/mol. The zero-order valence-electron chi connectivity index (χ0n) is 21.5. The summed E-state index contributed by atoms with van der Waals surface area (Å²) in [4.78, 5) is 28.8. The highest BCUT2D eigenvalue weighted by Gasteiger charge is 2.34. The van der Waals surface area contributed by atoms with E-state index < -0.39 is 6.04 Å². The Balaban J connectivity index is 1.33. The van der Waals surface area contributed by atoms with E-state index in [4.69, 9.17) is 4.74 Å². The number of piperidine rings is 1. The summed E-state index contributed by atoms with van der Waals surface area (Å²) < 4.78 is 7.07. The number of para-hydroxylation sites is 1. The summed E-state index contributed by atoms with van der Waals surface area (Å²) in [6.45, 7) is 3.69. The first-order valence-electron chi connectivity index (χ1n) is 13.3. The molecule has 0 spiro atoms. The Morgan fingerprint density at radius 3 is 2.64 bits per heavy atom. The first kappa shape index (κ1) is 26.2. The zero-order chi connectivity index (χ0) is 25.5. The third-order valence-electron chi connectivity index (χ3n) is 7.96. The third-order valence-corrected chi connectivity index (χ3v) is 7.96. The van der Waals surface area contributed by atoms with Gasteiger partial charge in [-0.3, -0.25) is 9.59 Å². The number of carbonyl (C=O) groups excluding carboxylic acids is 2. The number of nitrogens with one attached hydrogen (secondary N) is 2. The SMILES string of the molecule is COCCN1CCC(CC(C#N)NC(=O)C2CCCCC2NC(=O)c2cc3ccccc3n2C)CC1. The lowest BCUT2D eigenvalue weighted by Crippen LogP contribution is -2.50. The van der Waals surface area contributed by atoms with Crippen molar-refractivity contribution in [3.8, 4) is 6.07 Å². The molecule has 2 aliphatic rings. The van der Waals surface area contributed by atoms with Crippen LogP contribution in [0.5, 0.6) is 0 Å². The number of likely N-dealkylation sites (tertiary alicyclic amines) is 1. The van der Waals surface area contributed by atoms with Crippen molar-refractivity contribution >= 4 is 22.7 Å². The van der Waals surface area contributed by atoms with E-state index in [0.29, 0.717) is 18.0 Å². The molecule has 1 aliphatic carbocycles. The van der Waals surface area contributed by atoms with Crippen LogP contribution in [-0.4, -0.2) is 66.7 Å². The van der Waals surface area contributed by atoms with E-state index in [9.17, 15) is 14.9 Å². The smallest absolute Gasteiger partial charge is 0.268 e. The lowest BCUT2D eigenvalue weighted by molar-refractivity contribution is -0.127. The van der Waals surface area contributed by atoms with E-state index in [2.05, 4.69) is 21.6 Å². The molecule has 0 bridgehead atoms. The van der Waals surface area contributed by atoms with Crippen molar-refractivity contribution in [2.45, 2.75) is 57.0 Å². The Hall–Kier alpha value is -2.89. The highest BCUT2D eigenvalue weighted by atomic mass is 16.5. The van der Waals surface area contributed by atoms with E-state index in [1.165, 1.54) is 0 Å². The number of nitrogens with zero attached hydrogens (tertiary/aromatic N) is 3. The van der Waals surface area contributed by atoms with Crippen LogP contribution in [0.2, 0.25) is 0 Å². The van der Waals surface area contributed by atoms with Crippen LogP contribution in [0, 0.1) is 23.2 Å². The van der Waals surface area contributed by atoms with Crippen LogP contribution in [0.3, 0.4) is 0 Å². The third kappa shape index (κ3) is 6.26. The molecular formula is C28H39N5O3. The molecule has 1 aromatic carbocycles. The Morgan fingerprint density at radius 2 is 1.92 bits per heavy atom. The standard InChI is InChI=1S/C28H39N5O3/c1-32-25-10-6-3-7-21(25)18-26(32)28(35)31-24-9-5-4-8-23(24)27(34)30-22(19-29)17-20-11-13-33(14-12-20)15-16-36-2/h3,6-7,10,18,20,22-24H,4-5,8-9,11-17H2,1-2H3,(H,30,34)(H,31,35). The van der Waals surface area contributed by atoms with Crippen molar-refractivity contribution < 1.29 is 14.3 Å². The summed E-state index contributed by atoms with van der Waals surface area (Å²) in [7, 11) is 3.61. The Morgan fingerprint density at radius 1 is 1.17 bits per heavy atom. The number of hydrogen-bond acceptors (Lipinski definition) is 5. The number of fused-ring (bicyclic) bond motifs is 1. The lowest BCUT2D eigenvalue weighted by Gasteiger charge is -2.34. The summed E-state index contributed by atoms with van der Waals surface area (Å²) in [6.07, 6.45) is 6.17. The minimum Gasteiger partial charge on any atom is -0.383 e. The minimum absolute atomic E-state index is 0.110. The molecule has 3 atom stereocenters. The maximum atomic E-state index is 13.3. The predicted molar refractivity (Wildman–Crippen MR) is 139 cm³/mol. The molecule has 194 valence electrons. The van der Waals surface area contributed by atoms with Crippen LogP contribution < -0.4 is 10.6 Å². The van der Waals surface area contributed by atoms with Gasteiger partial charge in [-0.15, -0.1) is 0 Å². The molecule has 1 aliphatic heterocycles. The van der Waals surface area contributed by atoms with E-state index in [1.807, 2.05) is 41.9 Å². The fourth-order valence-corrected chi connectivity index (χ4v) is 5.79. The second-order valence-electron chi connectivity index (χ2n) is 10.3. The van der Waals surface area contributed by atoms with Crippen molar-refractivity contribution in [2.24, 2.45) is 18.9 Å². The number of aryl methyl sites for hydroxylation is 1. The molecule has 1 saturated carbocycles. The summed E-state index contributed by atoms with van der Waals surface area (Å²) in [5.74, 6) is -0.150. The van der Waals surface area contributed by atoms with E-state index in [-0.39, 0.29) is 23.8 Å². The van der Waals surface area contributed by atoms with Gasteiger partial charge in [0, 0.05) is 37.6 Å². The second-order valence-corrected chi connectivity index (χ2v) is 10.3. The highest BCUT2D eigenvalue weighted by molar-refractivity contribution is 5.99. The molecule has 2 fully saturated rings. The van der Waals surface area contributed by atoms with Crippen LogP contribution in [-0.2, 0) is 16.6 Å². The summed E-state index contributed by atoms with van der Waals surface area (Å²) in [5, 5.41) is 16.9. The van der Waals surface area contributed by atoms with E-state index >= 15 is 0 Å². The number of rotatable bonds is 9. The maximum absolute atomic E-state index is 13.3.